The van der Waals surface area contributed by atoms with Gasteiger partial charge in [-0.05, 0) is 97.3 Å². The second-order valence-corrected chi connectivity index (χ2v) is 14.4. The van der Waals surface area contributed by atoms with Gasteiger partial charge in [-0.15, -0.1) is 0 Å². The normalized spacial score (nSPS) is 24.6. The Hall–Kier alpha value is -4.25. The third-order valence-corrected chi connectivity index (χ3v) is 11.2. The van der Waals surface area contributed by atoms with Crippen LogP contribution in [0.4, 0.5) is 4.39 Å². The van der Waals surface area contributed by atoms with Crippen LogP contribution in [0.1, 0.15) is 56.6 Å². The summed E-state index contributed by atoms with van der Waals surface area (Å²) < 4.78 is 26.6. The van der Waals surface area contributed by atoms with E-state index in [-0.39, 0.29) is 42.5 Å². The number of hydrogen-bond acceptors (Lipinski definition) is 7. The number of likely N-dealkylation sites (tertiary alicyclic amines) is 2. The van der Waals surface area contributed by atoms with E-state index in [1.807, 2.05) is 61.5 Å². The van der Waals surface area contributed by atoms with Crippen LogP contribution in [0.15, 0.2) is 95.6 Å². The molecule has 3 heterocycles. The van der Waals surface area contributed by atoms with E-state index in [1.165, 1.54) is 17.7 Å². The van der Waals surface area contributed by atoms with Crippen LogP contribution in [0, 0.1) is 23.6 Å². The Morgan fingerprint density at radius 1 is 1.00 bits per heavy atom. The number of para-hydroxylation sites is 1. The first-order chi connectivity index (χ1) is 24.8. The molecule has 0 bridgehead atoms. The van der Waals surface area contributed by atoms with Crippen molar-refractivity contribution in [1.29, 1.82) is 0 Å². The predicted molar refractivity (Wildman–Crippen MR) is 194 cm³/mol. The summed E-state index contributed by atoms with van der Waals surface area (Å²) >= 11 is 0. The van der Waals surface area contributed by atoms with Gasteiger partial charge in [0.05, 0.1) is 17.9 Å². The first-order valence-corrected chi connectivity index (χ1v) is 18.3. The van der Waals surface area contributed by atoms with Crippen molar-refractivity contribution in [2.75, 3.05) is 19.7 Å². The minimum atomic E-state index is -1.07. The lowest BCUT2D eigenvalue weighted by Crippen LogP contribution is -2.48. The summed E-state index contributed by atoms with van der Waals surface area (Å²) in [6.07, 6.45) is 5.47. The Morgan fingerprint density at radius 2 is 1.73 bits per heavy atom. The van der Waals surface area contributed by atoms with Crippen molar-refractivity contribution >= 4 is 25.0 Å². The summed E-state index contributed by atoms with van der Waals surface area (Å²) in [5.41, 5.74) is 4.91. The molecule has 0 unspecified atom stereocenters. The molecule has 2 amide bonds. The summed E-state index contributed by atoms with van der Waals surface area (Å²) in [6, 6.07) is 24.1. The van der Waals surface area contributed by atoms with Crippen molar-refractivity contribution in [3.8, 4) is 11.5 Å². The van der Waals surface area contributed by atoms with Crippen molar-refractivity contribution in [2.24, 2.45) is 17.8 Å². The quantitative estimate of drug-likeness (QED) is 0.132. The summed E-state index contributed by atoms with van der Waals surface area (Å²) in [5.74, 6) is -1.94. The van der Waals surface area contributed by atoms with Gasteiger partial charge in [-0.3, -0.25) is 19.4 Å². The van der Waals surface area contributed by atoms with Gasteiger partial charge in [-0.1, -0.05) is 73.2 Å². The molecule has 7 rings (SSSR count). The van der Waals surface area contributed by atoms with Crippen LogP contribution in [0.2, 0.25) is 6.32 Å². The van der Waals surface area contributed by atoms with Crippen molar-refractivity contribution < 1.29 is 33.5 Å². The molecular formula is C41H46BFN2O6. The number of aromatic hydroxyl groups is 1. The van der Waals surface area contributed by atoms with Crippen LogP contribution in [0.3, 0.4) is 0 Å². The van der Waals surface area contributed by atoms with E-state index in [4.69, 9.17) is 9.39 Å². The molecule has 4 atom stereocenters. The molecule has 8 nitrogen and oxygen atoms in total. The lowest BCUT2D eigenvalue weighted by Gasteiger charge is -2.43. The van der Waals surface area contributed by atoms with Crippen molar-refractivity contribution in [2.45, 2.75) is 70.5 Å². The van der Waals surface area contributed by atoms with Gasteiger partial charge in [-0.2, -0.15) is 0 Å². The topological polar surface area (TPSA) is 99.5 Å². The molecule has 51 heavy (non-hydrogen) atoms. The maximum atomic E-state index is 14.4. The summed E-state index contributed by atoms with van der Waals surface area (Å²) in [7, 11) is -1.07. The molecule has 2 N–H and O–H groups in total. The van der Waals surface area contributed by atoms with Gasteiger partial charge in [0.1, 0.15) is 12.4 Å². The number of allylic oxidation sites excluding steroid dienone is 1. The molecule has 10 heteroatoms. The summed E-state index contributed by atoms with van der Waals surface area (Å²) in [5, 5.41) is 20.7. The molecule has 3 saturated heterocycles. The lowest BCUT2D eigenvalue weighted by molar-refractivity contribution is -0.144. The highest BCUT2D eigenvalue weighted by Crippen LogP contribution is 2.51. The van der Waals surface area contributed by atoms with Crippen molar-refractivity contribution in [3.63, 3.8) is 0 Å². The van der Waals surface area contributed by atoms with Gasteiger partial charge < -0.3 is 19.5 Å². The summed E-state index contributed by atoms with van der Waals surface area (Å²) in [6.45, 7) is 4.77. The number of amides is 2. The number of phenols is 1. The zero-order chi connectivity index (χ0) is 35.5. The van der Waals surface area contributed by atoms with E-state index in [2.05, 4.69) is 17.0 Å². The standard InChI is InChI=1S/C41H46BFN2O6/c1-2-27(21-29-13-15-36(46)35(43)22-29)14-16-37-38-30(26-50-32-11-7-4-8-12-32)23-33-39(34(38)24-42(49)51-37)41(48)45(40(33)47)31-17-19-44(20-18-31)25-28-9-5-3-6-10-28/h3-13,15,21-22,31,33-34,37,39,46,49H,2,14,16-20,23-26H2,1H3/b27-21+/t33-,34+,37-,39-/m1/s1. The first-order valence-electron chi connectivity index (χ1n) is 18.3. The second-order valence-electron chi connectivity index (χ2n) is 14.4. The molecule has 0 radical (unpaired) electrons. The fourth-order valence-electron chi connectivity index (χ4n) is 8.66. The molecule has 0 spiro atoms. The minimum Gasteiger partial charge on any atom is -0.505 e. The fourth-order valence-corrected chi connectivity index (χ4v) is 8.66. The summed E-state index contributed by atoms with van der Waals surface area (Å²) in [4.78, 5) is 32.6. The van der Waals surface area contributed by atoms with Gasteiger partial charge in [0.25, 0.3) is 0 Å². The number of carbonyl (C=O) groups excluding carboxylic acids is 2. The van der Waals surface area contributed by atoms with E-state index in [1.54, 1.807) is 11.0 Å². The number of hydrogen-bond donors (Lipinski definition) is 2. The fraction of sp³-hybridized carbons (Fsp3) is 0.415. The number of ether oxygens (including phenoxy) is 1. The third-order valence-electron chi connectivity index (χ3n) is 11.2. The Morgan fingerprint density at radius 3 is 2.43 bits per heavy atom. The molecule has 266 valence electrons. The predicted octanol–water partition coefficient (Wildman–Crippen LogP) is 6.65. The highest BCUT2D eigenvalue weighted by molar-refractivity contribution is 6.43. The van der Waals surface area contributed by atoms with Crippen LogP contribution in [-0.2, 0) is 20.8 Å². The van der Waals surface area contributed by atoms with Crippen LogP contribution < -0.4 is 4.74 Å². The number of rotatable bonds is 11. The number of phenolic OH excluding ortho intramolecular Hbond substituents is 1. The smallest absolute Gasteiger partial charge is 0.455 e. The molecule has 3 aliphatic heterocycles. The van der Waals surface area contributed by atoms with Crippen molar-refractivity contribution in [1.82, 2.24) is 9.80 Å². The first kappa shape index (κ1) is 35.2. The number of carbonyl (C=O) groups is 2. The van der Waals surface area contributed by atoms with E-state index in [0.29, 0.717) is 30.6 Å². The highest BCUT2D eigenvalue weighted by Gasteiger charge is 2.58. The van der Waals surface area contributed by atoms with E-state index >= 15 is 0 Å². The number of fused-ring (bicyclic) bond motifs is 3. The van der Waals surface area contributed by atoms with Gasteiger partial charge >= 0.3 is 7.12 Å². The van der Waals surface area contributed by atoms with E-state index in [0.717, 1.165) is 55.6 Å². The second kappa shape index (κ2) is 15.6. The van der Waals surface area contributed by atoms with Gasteiger partial charge in [0.2, 0.25) is 11.8 Å². The molecule has 3 fully saturated rings. The Kier molecular flexibility index (Phi) is 10.7. The Labute approximate surface area is 299 Å². The average molecular weight is 693 g/mol. The molecule has 0 aromatic heterocycles. The van der Waals surface area contributed by atoms with Crippen molar-refractivity contribution in [3.05, 3.63) is 113 Å². The number of halogens is 1. The third kappa shape index (κ3) is 7.69. The Balaban J connectivity index is 1.12. The van der Waals surface area contributed by atoms with E-state index < -0.39 is 30.9 Å². The van der Waals surface area contributed by atoms with E-state index in [9.17, 15) is 24.1 Å². The maximum absolute atomic E-state index is 14.4. The Bertz CT molecular complexity index is 1780. The van der Waals surface area contributed by atoms with Crippen LogP contribution >= 0.6 is 0 Å². The molecule has 4 aliphatic rings. The zero-order valence-electron chi connectivity index (χ0n) is 29.1. The number of piperidine rings is 1. The molecule has 3 aromatic rings. The molecule has 3 aromatic carbocycles. The van der Waals surface area contributed by atoms with Crippen LogP contribution in [-0.4, -0.2) is 70.7 Å². The zero-order valence-corrected chi connectivity index (χ0v) is 29.1. The largest absolute Gasteiger partial charge is 0.505 e. The molecule has 1 aliphatic carbocycles. The van der Waals surface area contributed by atoms with Gasteiger partial charge in [-0.25, -0.2) is 4.39 Å². The monoisotopic (exact) mass is 692 g/mol. The highest BCUT2D eigenvalue weighted by atomic mass is 19.1. The molecule has 0 saturated carbocycles. The number of nitrogens with zero attached hydrogens (tertiary/aromatic N) is 2. The lowest BCUT2D eigenvalue weighted by atomic mass is 9.58. The number of benzene rings is 3. The average Bonchev–Trinajstić information content (AvgIpc) is 3.40. The SMILES string of the molecule is CC/C(=C\c1ccc(O)c(F)c1)CC[C@H]1OB(O)C[C@H]2C1=C(COc1ccccc1)C[C@H]1C(=O)N(C3CCN(Cc4ccccc4)CC3)C(=O)[C@H]12. The van der Waals surface area contributed by atoms with Gasteiger partial charge in [0.15, 0.2) is 11.6 Å². The van der Waals surface area contributed by atoms with Crippen LogP contribution in [0.25, 0.3) is 6.08 Å². The van der Waals surface area contributed by atoms with Crippen LogP contribution in [0.5, 0.6) is 11.5 Å². The van der Waals surface area contributed by atoms with Gasteiger partial charge in [0, 0.05) is 25.7 Å². The minimum absolute atomic E-state index is 0.0994. The number of imide groups is 1. The molecular weight excluding hydrogens is 646 g/mol. The maximum Gasteiger partial charge on any atom is 0.455 e.